The number of hydrogen-bond acceptors (Lipinski definition) is 2. The molecule has 0 aliphatic rings. The van der Waals surface area contributed by atoms with Crippen LogP contribution in [-0.2, 0) is 10.0 Å². The van der Waals surface area contributed by atoms with Gasteiger partial charge in [-0.2, -0.15) is 0 Å². The Morgan fingerprint density at radius 3 is 2.20 bits per heavy atom. The van der Waals surface area contributed by atoms with Gasteiger partial charge in [-0.25, -0.2) is 17.9 Å². The highest BCUT2D eigenvalue weighted by Crippen LogP contribution is 2.24. The van der Waals surface area contributed by atoms with Crippen LogP contribution in [0.1, 0.15) is 30.9 Å². The highest BCUT2D eigenvalue weighted by Gasteiger charge is 2.18. The highest BCUT2D eigenvalue weighted by atomic mass is 32.2. The fraction of sp³-hybridized carbons (Fsp3) is 0.400. The lowest BCUT2D eigenvalue weighted by Crippen LogP contribution is -2.16. The minimum absolute atomic E-state index is 0.146. The fourth-order valence-corrected chi connectivity index (χ4v) is 2.29. The molecule has 5 heteroatoms. The van der Waals surface area contributed by atoms with Crippen molar-refractivity contribution in [2.75, 3.05) is 0 Å². The molecule has 3 nitrogen and oxygen atoms in total. The number of halogens is 1. The van der Waals surface area contributed by atoms with Crippen LogP contribution in [0.15, 0.2) is 17.0 Å². The molecule has 0 fully saturated rings. The number of primary sulfonamides is 1. The van der Waals surface area contributed by atoms with Gasteiger partial charge >= 0.3 is 0 Å². The summed E-state index contributed by atoms with van der Waals surface area (Å²) in [6.45, 7) is 5.35. The Hall–Kier alpha value is -0.940. The van der Waals surface area contributed by atoms with Crippen LogP contribution in [0.4, 0.5) is 4.39 Å². The monoisotopic (exact) mass is 231 g/mol. The van der Waals surface area contributed by atoms with E-state index in [-0.39, 0.29) is 5.92 Å². The average Bonchev–Trinajstić information content (AvgIpc) is 1.99. The van der Waals surface area contributed by atoms with Crippen LogP contribution in [0.25, 0.3) is 0 Å². The molecule has 0 saturated heterocycles. The summed E-state index contributed by atoms with van der Waals surface area (Å²) in [5, 5.41) is 4.92. The van der Waals surface area contributed by atoms with Gasteiger partial charge in [0.15, 0.2) is 0 Å². The summed E-state index contributed by atoms with van der Waals surface area (Å²) in [5.41, 5.74) is 1.11. The lowest BCUT2D eigenvalue weighted by Gasteiger charge is -2.10. The standard InChI is InChI=1S/C10H14FNO2S/c1-6(2)8-4-7(3)10(9(11)5-8)15(12,13)14/h4-6H,1-3H3,(H2,12,13,14). The van der Waals surface area contributed by atoms with Gasteiger partial charge in [-0.3, -0.25) is 0 Å². The normalized spacial score (nSPS) is 12.1. The van der Waals surface area contributed by atoms with Crippen LogP contribution >= 0.6 is 0 Å². The van der Waals surface area contributed by atoms with Gasteiger partial charge in [-0.1, -0.05) is 19.9 Å². The molecule has 1 aromatic rings. The first-order valence-corrected chi connectivity index (χ1v) is 6.11. The van der Waals surface area contributed by atoms with Crippen molar-refractivity contribution in [3.63, 3.8) is 0 Å². The fourth-order valence-electron chi connectivity index (χ4n) is 1.45. The molecule has 1 rings (SSSR count). The van der Waals surface area contributed by atoms with Crippen molar-refractivity contribution in [3.05, 3.63) is 29.1 Å². The maximum atomic E-state index is 13.5. The van der Waals surface area contributed by atoms with Crippen LogP contribution in [0, 0.1) is 12.7 Å². The molecule has 0 aromatic heterocycles. The van der Waals surface area contributed by atoms with E-state index in [1.807, 2.05) is 13.8 Å². The summed E-state index contributed by atoms with van der Waals surface area (Å²) in [5.74, 6) is -0.631. The van der Waals surface area contributed by atoms with E-state index in [2.05, 4.69) is 0 Å². The van der Waals surface area contributed by atoms with E-state index in [4.69, 9.17) is 5.14 Å². The number of benzene rings is 1. The number of nitrogens with two attached hydrogens (primary N) is 1. The van der Waals surface area contributed by atoms with Crippen molar-refractivity contribution in [3.8, 4) is 0 Å². The molecule has 0 bridgehead atoms. The van der Waals surface area contributed by atoms with Crippen molar-refractivity contribution in [1.29, 1.82) is 0 Å². The Labute approximate surface area is 89.2 Å². The smallest absolute Gasteiger partial charge is 0.225 e. The quantitative estimate of drug-likeness (QED) is 0.845. The second-order valence-electron chi connectivity index (χ2n) is 3.85. The maximum absolute atomic E-state index is 13.5. The number of hydrogen-bond donors (Lipinski definition) is 1. The Morgan fingerprint density at radius 1 is 1.33 bits per heavy atom. The first kappa shape index (κ1) is 12.1. The van der Waals surface area contributed by atoms with Gasteiger partial charge in [0, 0.05) is 0 Å². The summed E-state index contributed by atoms with van der Waals surface area (Å²) >= 11 is 0. The summed E-state index contributed by atoms with van der Waals surface area (Å²) in [6, 6.07) is 2.87. The van der Waals surface area contributed by atoms with E-state index >= 15 is 0 Å². The molecule has 0 saturated carbocycles. The topological polar surface area (TPSA) is 60.2 Å². The SMILES string of the molecule is Cc1cc(C(C)C)cc(F)c1S(N)(=O)=O. The van der Waals surface area contributed by atoms with Crippen LogP contribution in [-0.4, -0.2) is 8.42 Å². The molecular weight excluding hydrogens is 217 g/mol. The molecule has 2 N–H and O–H groups in total. The van der Waals surface area contributed by atoms with Crippen LogP contribution in [0.5, 0.6) is 0 Å². The summed E-state index contributed by atoms with van der Waals surface area (Å²) in [4.78, 5) is -0.410. The lowest BCUT2D eigenvalue weighted by molar-refractivity contribution is 0.563. The van der Waals surface area contributed by atoms with Gasteiger partial charge in [0.05, 0.1) is 0 Å². The zero-order valence-corrected chi connectivity index (χ0v) is 9.73. The minimum atomic E-state index is -3.98. The Bertz CT molecular complexity index is 457. The molecule has 0 aliphatic heterocycles. The van der Waals surface area contributed by atoms with Gasteiger partial charge in [-0.05, 0) is 30.0 Å². The third-order valence-electron chi connectivity index (χ3n) is 2.20. The molecule has 15 heavy (non-hydrogen) atoms. The third kappa shape index (κ3) is 2.54. The third-order valence-corrected chi connectivity index (χ3v) is 3.29. The van der Waals surface area contributed by atoms with E-state index < -0.39 is 20.7 Å². The second-order valence-corrected chi connectivity index (χ2v) is 5.35. The van der Waals surface area contributed by atoms with Gasteiger partial charge in [0.2, 0.25) is 10.0 Å². The van der Waals surface area contributed by atoms with E-state index in [1.165, 1.54) is 13.0 Å². The molecule has 1 aromatic carbocycles. The zero-order valence-electron chi connectivity index (χ0n) is 8.91. The largest absolute Gasteiger partial charge is 0.241 e. The lowest BCUT2D eigenvalue weighted by atomic mass is 10.0. The van der Waals surface area contributed by atoms with Gasteiger partial charge < -0.3 is 0 Å². The van der Waals surface area contributed by atoms with E-state index in [0.717, 1.165) is 5.56 Å². The first-order chi connectivity index (χ1) is 6.73. The predicted octanol–water partition coefficient (Wildman–Crippen LogP) is 1.90. The molecule has 0 radical (unpaired) electrons. The summed E-state index contributed by atoms with van der Waals surface area (Å²) < 4.78 is 35.7. The second kappa shape index (κ2) is 3.90. The minimum Gasteiger partial charge on any atom is -0.225 e. The van der Waals surface area contributed by atoms with Crippen molar-refractivity contribution < 1.29 is 12.8 Å². The predicted molar refractivity (Wildman–Crippen MR) is 56.6 cm³/mol. The van der Waals surface area contributed by atoms with Gasteiger partial charge in [0.25, 0.3) is 0 Å². The van der Waals surface area contributed by atoms with Gasteiger partial charge in [-0.15, -0.1) is 0 Å². The molecule has 0 heterocycles. The molecule has 0 aliphatic carbocycles. The maximum Gasteiger partial charge on any atom is 0.241 e. The first-order valence-electron chi connectivity index (χ1n) is 4.56. The summed E-state index contributed by atoms with van der Waals surface area (Å²) in [7, 11) is -3.98. The molecule has 0 atom stereocenters. The van der Waals surface area contributed by atoms with Crippen LogP contribution in [0.3, 0.4) is 0 Å². The van der Waals surface area contributed by atoms with Crippen molar-refractivity contribution >= 4 is 10.0 Å². The van der Waals surface area contributed by atoms with E-state index in [9.17, 15) is 12.8 Å². The van der Waals surface area contributed by atoms with Crippen molar-refractivity contribution in [2.45, 2.75) is 31.6 Å². The highest BCUT2D eigenvalue weighted by molar-refractivity contribution is 7.89. The Morgan fingerprint density at radius 2 is 1.87 bits per heavy atom. The van der Waals surface area contributed by atoms with E-state index in [1.54, 1.807) is 6.07 Å². The van der Waals surface area contributed by atoms with Gasteiger partial charge in [0.1, 0.15) is 10.7 Å². The molecule has 0 spiro atoms. The zero-order chi connectivity index (χ0) is 11.8. The molecule has 0 amide bonds. The van der Waals surface area contributed by atoms with Crippen molar-refractivity contribution in [1.82, 2.24) is 0 Å². The van der Waals surface area contributed by atoms with Crippen LogP contribution in [0.2, 0.25) is 0 Å². The summed E-state index contributed by atoms with van der Waals surface area (Å²) in [6.07, 6.45) is 0. The molecule has 0 unspecified atom stereocenters. The Kier molecular flexibility index (Phi) is 3.16. The Balaban J connectivity index is 3.48. The molecular formula is C10H14FNO2S. The number of rotatable bonds is 2. The number of sulfonamides is 1. The molecule has 84 valence electrons. The van der Waals surface area contributed by atoms with Crippen molar-refractivity contribution in [2.24, 2.45) is 5.14 Å². The average molecular weight is 231 g/mol. The number of aryl methyl sites for hydroxylation is 1. The van der Waals surface area contributed by atoms with Crippen LogP contribution < -0.4 is 5.14 Å². The van der Waals surface area contributed by atoms with E-state index in [0.29, 0.717) is 5.56 Å².